The molecule has 1 atom stereocenters. The first-order valence-electron chi connectivity index (χ1n) is 16.1. The highest BCUT2D eigenvalue weighted by Crippen LogP contribution is 2.41. The number of allylic oxidation sites excluding steroid dienone is 4. The molecule has 1 unspecified atom stereocenters. The Morgan fingerprint density at radius 1 is 0.457 bits per heavy atom. The van der Waals surface area contributed by atoms with Crippen molar-refractivity contribution >= 4 is 60.7 Å². The van der Waals surface area contributed by atoms with E-state index in [1.165, 1.54) is 60.7 Å². The third-order valence-corrected chi connectivity index (χ3v) is 9.55. The minimum absolute atomic E-state index is 0.303. The fraction of sp³-hybridized carbons (Fsp3) is 0.0698. The predicted octanol–water partition coefficient (Wildman–Crippen LogP) is 11.5. The van der Waals surface area contributed by atoms with Crippen LogP contribution >= 0.6 is 0 Å². The number of nitrogens with zero attached hydrogens (tertiary/aromatic N) is 3. The molecule has 3 nitrogen and oxygen atoms in total. The van der Waals surface area contributed by atoms with Crippen LogP contribution in [0.5, 0.6) is 0 Å². The number of aromatic nitrogens is 2. The van der Waals surface area contributed by atoms with Crippen LogP contribution < -0.4 is 4.90 Å². The van der Waals surface area contributed by atoms with Gasteiger partial charge in [-0.05, 0) is 79.2 Å². The summed E-state index contributed by atoms with van der Waals surface area (Å²) in [7, 11) is 0. The zero-order valence-electron chi connectivity index (χ0n) is 25.7. The molecule has 8 aromatic rings. The summed E-state index contributed by atoms with van der Waals surface area (Å²) in [5.41, 5.74) is 11.1. The molecule has 0 N–H and O–H groups in total. The molecule has 0 saturated carbocycles. The molecule has 9 rings (SSSR count). The standard InChI is InChI=1S/C43H33N3/c1-30-29-34(46-42-21-11-7-17-37(42)38-18-8-12-22-43(38)46)27-28-39(30)44(31-13-3-2-4-14-31)32-23-25-33(26-24-32)45-40-19-9-5-15-35(40)36-16-6-10-20-41(36)45/h2-28,30H,29H2,1H3. The monoisotopic (exact) mass is 591 g/mol. The van der Waals surface area contributed by atoms with Crippen molar-refractivity contribution in [3.05, 3.63) is 170 Å². The Morgan fingerprint density at radius 2 is 0.891 bits per heavy atom. The third kappa shape index (κ3) is 4.13. The summed E-state index contributed by atoms with van der Waals surface area (Å²) in [6.45, 7) is 2.36. The molecule has 0 bridgehead atoms. The normalized spacial score (nSPS) is 15.0. The second-order valence-electron chi connectivity index (χ2n) is 12.3. The van der Waals surface area contributed by atoms with Gasteiger partial charge >= 0.3 is 0 Å². The zero-order valence-corrected chi connectivity index (χ0v) is 25.7. The Hall–Kier alpha value is -5.80. The van der Waals surface area contributed by atoms with Crippen molar-refractivity contribution in [2.45, 2.75) is 13.3 Å². The van der Waals surface area contributed by atoms with Gasteiger partial charge in [-0.1, -0.05) is 97.9 Å². The molecule has 1 aliphatic rings. The number of benzene rings is 6. The van der Waals surface area contributed by atoms with Gasteiger partial charge in [0.05, 0.1) is 22.1 Å². The lowest BCUT2D eigenvalue weighted by Crippen LogP contribution is -2.24. The first kappa shape index (κ1) is 26.6. The highest BCUT2D eigenvalue weighted by Gasteiger charge is 2.25. The Labute approximate surface area is 268 Å². The van der Waals surface area contributed by atoms with Gasteiger partial charge in [-0.15, -0.1) is 0 Å². The molecule has 0 saturated heterocycles. The topological polar surface area (TPSA) is 13.1 Å². The lowest BCUT2D eigenvalue weighted by molar-refractivity contribution is 0.667. The molecule has 2 heterocycles. The van der Waals surface area contributed by atoms with Gasteiger partial charge in [-0.2, -0.15) is 0 Å². The highest BCUT2D eigenvalue weighted by molar-refractivity contribution is 6.10. The molecule has 0 fully saturated rings. The molecule has 0 aliphatic heterocycles. The number of anilines is 2. The molecule has 220 valence electrons. The number of hydrogen-bond acceptors (Lipinski definition) is 1. The van der Waals surface area contributed by atoms with Crippen LogP contribution in [-0.2, 0) is 0 Å². The Kier molecular flexibility index (Phi) is 6.17. The van der Waals surface area contributed by atoms with Crippen LogP contribution in [0.15, 0.2) is 170 Å². The summed E-state index contributed by atoms with van der Waals surface area (Å²) < 4.78 is 4.84. The van der Waals surface area contributed by atoms with Crippen molar-refractivity contribution < 1.29 is 0 Å². The largest absolute Gasteiger partial charge is 0.314 e. The van der Waals surface area contributed by atoms with Crippen molar-refractivity contribution in [1.82, 2.24) is 9.13 Å². The number of para-hydroxylation sites is 5. The molecule has 0 amide bonds. The van der Waals surface area contributed by atoms with E-state index < -0.39 is 0 Å². The van der Waals surface area contributed by atoms with Crippen molar-refractivity contribution in [3.8, 4) is 5.69 Å². The van der Waals surface area contributed by atoms with E-state index in [1.807, 2.05) is 0 Å². The van der Waals surface area contributed by atoms with E-state index in [0.29, 0.717) is 5.92 Å². The van der Waals surface area contributed by atoms with Crippen LogP contribution in [0.4, 0.5) is 11.4 Å². The second kappa shape index (κ2) is 10.7. The van der Waals surface area contributed by atoms with Crippen molar-refractivity contribution in [1.29, 1.82) is 0 Å². The third-order valence-electron chi connectivity index (χ3n) is 9.55. The van der Waals surface area contributed by atoms with Gasteiger partial charge in [-0.3, -0.25) is 0 Å². The van der Waals surface area contributed by atoms with Crippen LogP contribution in [0.25, 0.3) is 55.0 Å². The van der Waals surface area contributed by atoms with Gasteiger partial charge in [0.15, 0.2) is 0 Å². The average molecular weight is 592 g/mol. The van der Waals surface area contributed by atoms with Crippen LogP contribution in [0, 0.1) is 5.92 Å². The Balaban J connectivity index is 1.16. The lowest BCUT2D eigenvalue weighted by Gasteiger charge is -2.34. The fourth-order valence-electron chi connectivity index (χ4n) is 7.50. The summed E-state index contributed by atoms with van der Waals surface area (Å²) in [5.74, 6) is 0.303. The smallest absolute Gasteiger partial charge is 0.0541 e. The molecule has 3 heteroatoms. The Morgan fingerprint density at radius 3 is 1.39 bits per heavy atom. The maximum atomic E-state index is 2.46. The number of hydrogen-bond donors (Lipinski definition) is 0. The van der Waals surface area contributed by atoms with Crippen molar-refractivity contribution in [3.63, 3.8) is 0 Å². The van der Waals surface area contributed by atoms with Gasteiger partial charge in [0.2, 0.25) is 0 Å². The van der Waals surface area contributed by atoms with E-state index in [4.69, 9.17) is 0 Å². The number of rotatable bonds is 5. The summed E-state index contributed by atoms with van der Waals surface area (Å²) in [5, 5.41) is 5.16. The van der Waals surface area contributed by atoms with Crippen molar-refractivity contribution in [2.75, 3.05) is 4.90 Å². The SMILES string of the molecule is CC1CC(n2c3ccccc3c3ccccc32)=CC=C1N(c1ccccc1)c1ccc(-n2c3ccccc3c3ccccc32)cc1. The van der Waals surface area contributed by atoms with E-state index in [2.05, 4.69) is 185 Å². The minimum atomic E-state index is 0.303. The van der Waals surface area contributed by atoms with Gasteiger partial charge in [0.25, 0.3) is 0 Å². The van der Waals surface area contributed by atoms with E-state index in [1.54, 1.807) is 0 Å². The van der Waals surface area contributed by atoms with E-state index >= 15 is 0 Å². The maximum Gasteiger partial charge on any atom is 0.0541 e. The maximum absolute atomic E-state index is 2.46. The average Bonchev–Trinajstić information content (AvgIpc) is 3.63. The quantitative estimate of drug-likeness (QED) is 0.194. The van der Waals surface area contributed by atoms with Gasteiger partial charge in [-0.25, -0.2) is 0 Å². The van der Waals surface area contributed by atoms with Crippen molar-refractivity contribution in [2.24, 2.45) is 5.92 Å². The van der Waals surface area contributed by atoms with E-state index in [-0.39, 0.29) is 0 Å². The molecule has 1 aliphatic carbocycles. The second-order valence-corrected chi connectivity index (χ2v) is 12.3. The predicted molar refractivity (Wildman–Crippen MR) is 195 cm³/mol. The summed E-state index contributed by atoms with van der Waals surface area (Å²) >= 11 is 0. The minimum Gasteiger partial charge on any atom is -0.314 e. The van der Waals surface area contributed by atoms with E-state index in [9.17, 15) is 0 Å². The Bertz CT molecular complexity index is 2350. The zero-order chi connectivity index (χ0) is 30.6. The van der Waals surface area contributed by atoms with Gasteiger partial charge in [0.1, 0.15) is 0 Å². The van der Waals surface area contributed by atoms with Gasteiger partial charge in [0, 0.05) is 55.9 Å². The molecule has 0 spiro atoms. The molecule has 6 aromatic carbocycles. The number of fused-ring (bicyclic) bond motifs is 6. The summed E-state index contributed by atoms with van der Waals surface area (Å²) in [4.78, 5) is 2.43. The van der Waals surface area contributed by atoms with Crippen LogP contribution in [0.1, 0.15) is 13.3 Å². The highest BCUT2D eigenvalue weighted by atomic mass is 15.2. The van der Waals surface area contributed by atoms with Crippen LogP contribution in [0.3, 0.4) is 0 Å². The molecule has 2 aromatic heterocycles. The molecule has 0 radical (unpaired) electrons. The fourth-order valence-corrected chi connectivity index (χ4v) is 7.50. The molecule has 46 heavy (non-hydrogen) atoms. The summed E-state index contributed by atoms with van der Waals surface area (Å²) in [6.07, 6.45) is 5.61. The molecular weight excluding hydrogens is 558 g/mol. The molecular formula is C43H33N3. The van der Waals surface area contributed by atoms with Gasteiger partial charge < -0.3 is 14.0 Å². The van der Waals surface area contributed by atoms with Crippen LogP contribution in [-0.4, -0.2) is 9.13 Å². The first-order chi connectivity index (χ1) is 22.8. The summed E-state index contributed by atoms with van der Waals surface area (Å²) in [6, 6.07) is 54.7. The van der Waals surface area contributed by atoms with Crippen LogP contribution in [0.2, 0.25) is 0 Å². The lowest BCUT2D eigenvalue weighted by atomic mass is 9.94. The van der Waals surface area contributed by atoms with E-state index in [0.717, 1.165) is 17.8 Å². The first-order valence-corrected chi connectivity index (χ1v) is 16.1.